The Hall–Kier alpha value is -2.92. The smallest absolute Gasteiger partial charge is 0.256 e. The van der Waals surface area contributed by atoms with Crippen molar-refractivity contribution in [3.8, 4) is 0 Å². The second-order valence-corrected chi connectivity index (χ2v) is 8.84. The molecule has 4 nitrogen and oxygen atoms in total. The molecule has 4 rings (SSSR count). The van der Waals surface area contributed by atoms with Crippen LogP contribution in [0, 0.1) is 5.92 Å². The summed E-state index contributed by atoms with van der Waals surface area (Å²) in [6.07, 6.45) is 3.70. The fourth-order valence-corrected chi connectivity index (χ4v) is 5.13. The first-order valence-electron chi connectivity index (χ1n) is 9.90. The minimum atomic E-state index is -0.467. The van der Waals surface area contributed by atoms with Gasteiger partial charge in [0.1, 0.15) is 5.00 Å². The number of hydrogen-bond acceptors (Lipinski definition) is 3. The lowest BCUT2D eigenvalue weighted by atomic mass is 9.87. The molecule has 1 heterocycles. The number of anilines is 1. The van der Waals surface area contributed by atoms with Crippen LogP contribution in [-0.2, 0) is 19.3 Å². The monoisotopic (exact) mass is 404 g/mol. The van der Waals surface area contributed by atoms with Gasteiger partial charge in [0.05, 0.1) is 5.56 Å². The zero-order valence-electron chi connectivity index (χ0n) is 16.4. The van der Waals surface area contributed by atoms with E-state index in [0.29, 0.717) is 22.0 Å². The summed E-state index contributed by atoms with van der Waals surface area (Å²) < 4.78 is 0. The number of rotatable bonds is 5. The molecule has 3 aromatic rings. The van der Waals surface area contributed by atoms with Crippen molar-refractivity contribution in [1.29, 1.82) is 0 Å². The Labute approximate surface area is 174 Å². The largest absolute Gasteiger partial charge is 0.365 e. The number of aryl methyl sites for hydroxylation is 1. The molecular formula is C24H24N2O2S. The Morgan fingerprint density at radius 2 is 1.76 bits per heavy atom. The fraction of sp³-hybridized carbons (Fsp3) is 0.250. The van der Waals surface area contributed by atoms with Gasteiger partial charge in [0.2, 0.25) is 0 Å². The molecule has 0 radical (unpaired) electrons. The average Bonchev–Trinajstić information content (AvgIpc) is 3.06. The van der Waals surface area contributed by atoms with Crippen molar-refractivity contribution in [2.75, 3.05) is 5.32 Å². The third-order valence-corrected chi connectivity index (χ3v) is 6.66. The Balaban J connectivity index is 1.52. The molecule has 2 aromatic carbocycles. The van der Waals surface area contributed by atoms with Crippen LogP contribution in [0.1, 0.15) is 55.6 Å². The molecule has 0 saturated carbocycles. The SMILES string of the molecule is C[C@@H]1CCc2sc(NC(=O)c3ccc(Cc4ccccc4)cc3)c(C(N)=O)c2C1. The summed E-state index contributed by atoms with van der Waals surface area (Å²) in [6, 6.07) is 17.8. The molecule has 1 aliphatic rings. The maximum absolute atomic E-state index is 12.8. The van der Waals surface area contributed by atoms with E-state index in [1.54, 1.807) is 0 Å². The molecule has 148 valence electrons. The van der Waals surface area contributed by atoms with E-state index < -0.39 is 5.91 Å². The van der Waals surface area contributed by atoms with E-state index in [9.17, 15) is 9.59 Å². The van der Waals surface area contributed by atoms with Gasteiger partial charge < -0.3 is 11.1 Å². The lowest BCUT2D eigenvalue weighted by Crippen LogP contribution is -2.19. The van der Waals surface area contributed by atoms with Gasteiger partial charge in [0.15, 0.2) is 0 Å². The van der Waals surface area contributed by atoms with Crippen LogP contribution in [0.5, 0.6) is 0 Å². The zero-order chi connectivity index (χ0) is 20.4. The zero-order valence-corrected chi connectivity index (χ0v) is 17.2. The molecule has 3 N–H and O–H groups in total. The lowest BCUT2D eigenvalue weighted by molar-refractivity contribution is 0.1000. The molecule has 1 aliphatic carbocycles. The second kappa shape index (κ2) is 8.21. The van der Waals surface area contributed by atoms with Crippen LogP contribution < -0.4 is 11.1 Å². The summed E-state index contributed by atoms with van der Waals surface area (Å²) in [4.78, 5) is 26.0. The van der Waals surface area contributed by atoms with Gasteiger partial charge in [-0.05, 0) is 60.4 Å². The van der Waals surface area contributed by atoms with Gasteiger partial charge >= 0.3 is 0 Å². The molecular weight excluding hydrogens is 380 g/mol. The number of hydrogen-bond donors (Lipinski definition) is 2. The van der Waals surface area contributed by atoms with Gasteiger partial charge in [0, 0.05) is 10.4 Å². The number of primary amides is 1. The van der Waals surface area contributed by atoms with E-state index >= 15 is 0 Å². The number of carbonyl (C=O) groups is 2. The fourth-order valence-electron chi connectivity index (χ4n) is 3.89. The summed E-state index contributed by atoms with van der Waals surface area (Å²) in [6.45, 7) is 2.18. The predicted molar refractivity (Wildman–Crippen MR) is 118 cm³/mol. The Kier molecular flexibility index (Phi) is 5.49. The van der Waals surface area contributed by atoms with Crippen LogP contribution in [0.15, 0.2) is 54.6 Å². The van der Waals surface area contributed by atoms with Gasteiger partial charge in [-0.1, -0.05) is 49.4 Å². The van der Waals surface area contributed by atoms with E-state index in [0.717, 1.165) is 36.8 Å². The van der Waals surface area contributed by atoms with Crippen LogP contribution >= 0.6 is 11.3 Å². The molecule has 1 aromatic heterocycles. The van der Waals surface area contributed by atoms with Crippen LogP contribution in [0.2, 0.25) is 0 Å². The van der Waals surface area contributed by atoms with Crippen molar-refractivity contribution < 1.29 is 9.59 Å². The molecule has 0 spiro atoms. The average molecular weight is 405 g/mol. The van der Waals surface area contributed by atoms with Crippen molar-refractivity contribution >= 4 is 28.2 Å². The summed E-state index contributed by atoms with van der Waals surface area (Å²) >= 11 is 1.49. The number of carbonyl (C=O) groups excluding carboxylic acids is 2. The molecule has 0 bridgehead atoms. The Morgan fingerprint density at radius 1 is 1.07 bits per heavy atom. The van der Waals surface area contributed by atoms with Gasteiger partial charge in [-0.2, -0.15) is 0 Å². The second-order valence-electron chi connectivity index (χ2n) is 7.73. The highest BCUT2D eigenvalue weighted by molar-refractivity contribution is 7.17. The van der Waals surface area contributed by atoms with Crippen LogP contribution in [-0.4, -0.2) is 11.8 Å². The van der Waals surface area contributed by atoms with Crippen molar-refractivity contribution in [3.63, 3.8) is 0 Å². The quantitative estimate of drug-likeness (QED) is 0.640. The van der Waals surface area contributed by atoms with E-state index in [-0.39, 0.29) is 5.91 Å². The highest BCUT2D eigenvalue weighted by Crippen LogP contribution is 2.39. The van der Waals surface area contributed by atoms with Crippen LogP contribution in [0.25, 0.3) is 0 Å². The molecule has 0 unspecified atom stereocenters. The Morgan fingerprint density at radius 3 is 2.45 bits per heavy atom. The number of benzene rings is 2. The molecule has 0 saturated heterocycles. The molecule has 1 atom stereocenters. The summed E-state index contributed by atoms with van der Waals surface area (Å²) in [7, 11) is 0. The number of amides is 2. The van der Waals surface area contributed by atoms with Crippen molar-refractivity contribution in [3.05, 3.63) is 87.3 Å². The number of nitrogens with two attached hydrogens (primary N) is 1. The molecule has 2 amide bonds. The van der Waals surface area contributed by atoms with E-state index in [4.69, 9.17) is 5.73 Å². The predicted octanol–water partition coefficient (Wildman–Crippen LogP) is 4.81. The van der Waals surface area contributed by atoms with E-state index in [1.807, 2.05) is 42.5 Å². The summed E-state index contributed by atoms with van der Waals surface area (Å²) in [5, 5.41) is 3.51. The molecule has 0 aliphatic heterocycles. The summed E-state index contributed by atoms with van der Waals surface area (Å²) in [5.41, 5.74) is 10.1. The summed E-state index contributed by atoms with van der Waals surface area (Å²) in [5.74, 6) is -0.161. The first-order valence-corrected chi connectivity index (χ1v) is 10.7. The van der Waals surface area contributed by atoms with Gasteiger partial charge in [-0.25, -0.2) is 0 Å². The van der Waals surface area contributed by atoms with Crippen LogP contribution in [0.3, 0.4) is 0 Å². The molecule has 5 heteroatoms. The van der Waals surface area contributed by atoms with Crippen molar-refractivity contribution in [2.24, 2.45) is 11.7 Å². The lowest BCUT2D eigenvalue weighted by Gasteiger charge is -2.18. The highest BCUT2D eigenvalue weighted by atomic mass is 32.1. The standard InChI is InChI=1S/C24H24N2O2S/c1-15-7-12-20-19(13-15)21(22(25)27)24(29-20)26-23(28)18-10-8-17(9-11-18)14-16-5-3-2-4-6-16/h2-6,8-11,15H,7,12-14H2,1H3,(H2,25,27)(H,26,28)/t15-/m1/s1. The molecule has 0 fully saturated rings. The van der Waals surface area contributed by atoms with Crippen molar-refractivity contribution in [1.82, 2.24) is 0 Å². The van der Waals surface area contributed by atoms with Gasteiger partial charge in [0.25, 0.3) is 11.8 Å². The molecule has 29 heavy (non-hydrogen) atoms. The van der Waals surface area contributed by atoms with E-state index in [1.165, 1.54) is 21.8 Å². The first kappa shape index (κ1) is 19.4. The van der Waals surface area contributed by atoms with Crippen LogP contribution in [0.4, 0.5) is 5.00 Å². The topological polar surface area (TPSA) is 72.2 Å². The van der Waals surface area contributed by atoms with Gasteiger partial charge in [-0.3, -0.25) is 9.59 Å². The van der Waals surface area contributed by atoms with Crippen molar-refractivity contribution in [2.45, 2.75) is 32.6 Å². The number of nitrogens with one attached hydrogen (secondary N) is 1. The highest BCUT2D eigenvalue weighted by Gasteiger charge is 2.27. The maximum Gasteiger partial charge on any atom is 0.256 e. The number of fused-ring (bicyclic) bond motifs is 1. The third kappa shape index (κ3) is 4.25. The minimum absolute atomic E-state index is 0.217. The van der Waals surface area contributed by atoms with E-state index in [2.05, 4.69) is 24.4 Å². The minimum Gasteiger partial charge on any atom is -0.365 e. The normalized spacial score (nSPS) is 15.6. The first-order chi connectivity index (χ1) is 14.0. The Bertz CT molecular complexity index is 1040. The third-order valence-electron chi connectivity index (χ3n) is 5.45. The maximum atomic E-state index is 12.8. The van der Waals surface area contributed by atoms with Gasteiger partial charge in [-0.15, -0.1) is 11.3 Å². The number of thiophene rings is 1.